The number of hydrogen-bond acceptors (Lipinski definition) is 1. The van der Waals surface area contributed by atoms with Crippen LogP contribution in [-0.4, -0.2) is 21.5 Å². The summed E-state index contributed by atoms with van der Waals surface area (Å²) in [7, 11) is 0. The van der Waals surface area contributed by atoms with Crippen LogP contribution in [0.2, 0.25) is 0 Å². The molecule has 4 nitrogen and oxygen atoms in total. The molecule has 1 aliphatic carbocycles. The maximum atomic E-state index is 14.1. The number of para-hydroxylation sites is 1. The number of urea groups is 1. The van der Waals surface area contributed by atoms with E-state index >= 15 is 0 Å². The number of nitrogens with zero attached hydrogens (tertiary/aromatic N) is 2. The molecule has 1 aromatic heterocycles. The van der Waals surface area contributed by atoms with Gasteiger partial charge in [0.15, 0.2) is 0 Å². The average Bonchev–Trinajstić information content (AvgIpc) is 3.37. The van der Waals surface area contributed by atoms with E-state index in [1.54, 1.807) is 4.90 Å². The Hall–Kier alpha value is -3.15. The minimum Gasteiger partial charge on any atom is -0.335 e. The second-order valence-corrected chi connectivity index (χ2v) is 8.10. The van der Waals surface area contributed by atoms with E-state index in [9.17, 15) is 13.6 Å². The molecule has 5 rings (SSSR count). The van der Waals surface area contributed by atoms with Crippen LogP contribution in [0.1, 0.15) is 48.5 Å². The van der Waals surface area contributed by atoms with E-state index in [0.29, 0.717) is 12.1 Å². The van der Waals surface area contributed by atoms with Crippen LogP contribution in [0.5, 0.6) is 0 Å². The monoisotopic (exact) mass is 407 g/mol. The third-order valence-corrected chi connectivity index (χ3v) is 6.11. The maximum Gasteiger partial charge on any atom is 0.318 e. The highest BCUT2D eigenvalue weighted by atomic mass is 19.1. The Labute approximate surface area is 174 Å². The molecule has 30 heavy (non-hydrogen) atoms. The normalized spacial score (nSPS) is 18.6. The Morgan fingerprint density at radius 2 is 1.70 bits per heavy atom. The zero-order chi connectivity index (χ0) is 20.7. The van der Waals surface area contributed by atoms with E-state index in [2.05, 4.69) is 5.32 Å². The summed E-state index contributed by atoms with van der Waals surface area (Å²) in [5, 5.41) is 3.15. The van der Waals surface area contributed by atoms with Crippen molar-refractivity contribution in [2.75, 3.05) is 0 Å². The molecule has 1 atom stereocenters. The molecule has 2 amide bonds. The van der Waals surface area contributed by atoms with Crippen molar-refractivity contribution in [3.05, 3.63) is 89.2 Å². The Morgan fingerprint density at radius 1 is 0.967 bits per heavy atom. The highest BCUT2D eigenvalue weighted by Crippen LogP contribution is 2.37. The van der Waals surface area contributed by atoms with Gasteiger partial charge in [0.2, 0.25) is 0 Å². The van der Waals surface area contributed by atoms with Crippen LogP contribution in [0.25, 0.3) is 5.69 Å². The molecule has 2 aliphatic rings. The van der Waals surface area contributed by atoms with E-state index in [1.807, 2.05) is 47.2 Å². The smallest absolute Gasteiger partial charge is 0.318 e. The zero-order valence-electron chi connectivity index (χ0n) is 16.5. The Morgan fingerprint density at radius 3 is 2.47 bits per heavy atom. The summed E-state index contributed by atoms with van der Waals surface area (Å²) in [5.41, 5.74) is 3.17. The van der Waals surface area contributed by atoms with Gasteiger partial charge in [0.1, 0.15) is 11.6 Å². The number of hydrogen-bond donors (Lipinski definition) is 1. The Bertz CT molecular complexity index is 1070. The maximum absolute atomic E-state index is 14.1. The minimum absolute atomic E-state index is 0.146. The van der Waals surface area contributed by atoms with Gasteiger partial charge in [-0.2, -0.15) is 0 Å². The van der Waals surface area contributed by atoms with E-state index in [1.165, 1.54) is 12.1 Å². The lowest BCUT2D eigenvalue weighted by atomic mass is 10.0. The third-order valence-electron chi connectivity index (χ3n) is 6.11. The van der Waals surface area contributed by atoms with Crippen LogP contribution >= 0.6 is 0 Å². The topological polar surface area (TPSA) is 37.3 Å². The fraction of sp³-hybridized carbons (Fsp3) is 0.292. The molecular weight excluding hydrogens is 384 g/mol. The summed E-state index contributed by atoms with van der Waals surface area (Å²) >= 11 is 0. The highest BCUT2D eigenvalue weighted by molar-refractivity contribution is 5.76. The summed E-state index contributed by atoms with van der Waals surface area (Å²) < 4.78 is 30.3. The molecule has 2 aromatic carbocycles. The van der Waals surface area contributed by atoms with Gasteiger partial charge >= 0.3 is 6.03 Å². The molecule has 0 bridgehead atoms. The first-order chi connectivity index (χ1) is 14.6. The number of amides is 2. The van der Waals surface area contributed by atoms with E-state index in [4.69, 9.17) is 0 Å². The number of rotatable bonds is 2. The van der Waals surface area contributed by atoms with Gasteiger partial charge in [0.25, 0.3) is 0 Å². The van der Waals surface area contributed by atoms with Crippen LogP contribution in [0.4, 0.5) is 13.6 Å². The Kier molecular flexibility index (Phi) is 4.77. The molecule has 1 fully saturated rings. The predicted octanol–water partition coefficient (Wildman–Crippen LogP) is 5.31. The van der Waals surface area contributed by atoms with Crippen molar-refractivity contribution in [1.29, 1.82) is 0 Å². The second kappa shape index (κ2) is 7.59. The first kappa shape index (κ1) is 18.9. The largest absolute Gasteiger partial charge is 0.335 e. The number of nitrogens with one attached hydrogen (secondary N) is 1. The van der Waals surface area contributed by atoms with Crippen LogP contribution in [0.15, 0.2) is 60.8 Å². The van der Waals surface area contributed by atoms with Crippen molar-refractivity contribution in [2.45, 2.75) is 44.3 Å². The Balaban J connectivity index is 1.64. The number of fused-ring (bicyclic) bond motifs is 3. The first-order valence-electron chi connectivity index (χ1n) is 10.4. The highest BCUT2D eigenvalue weighted by Gasteiger charge is 2.34. The molecular formula is C24H23F2N3O. The van der Waals surface area contributed by atoms with Gasteiger partial charge in [0, 0.05) is 24.0 Å². The third kappa shape index (κ3) is 3.36. The van der Waals surface area contributed by atoms with Gasteiger partial charge in [-0.3, -0.25) is 0 Å². The van der Waals surface area contributed by atoms with E-state index in [-0.39, 0.29) is 12.1 Å². The molecule has 0 unspecified atom stereocenters. The van der Waals surface area contributed by atoms with E-state index in [0.717, 1.165) is 48.7 Å². The molecule has 6 heteroatoms. The summed E-state index contributed by atoms with van der Waals surface area (Å²) in [6.45, 7) is 0.346. The van der Waals surface area contributed by atoms with Crippen LogP contribution in [0.3, 0.4) is 0 Å². The predicted molar refractivity (Wildman–Crippen MR) is 110 cm³/mol. The summed E-state index contributed by atoms with van der Waals surface area (Å²) in [6, 6.07) is 14.5. The van der Waals surface area contributed by atoms with Crippen molar-refractivity contribution < 1.29 is 13.6 Å². The molecule has 154 valence electrons. The van der Waals surface area contributed by atoms with Gasteiger partial charge in [-0.15, -0.1) is 0 Å². The molecule has 2 heterocycles. The van der Waals surface area contributed by atoms with Crippen molar-refractivity contribution in [3.63, 3.8) is 0 Å². The number of aromatic nitrogens is 1. The summed E-state index contributed by atoms with van der Waals surface area (Å²) in [5.74, 6) is -1.30. The number of benzene rings is 2. The molecule has 1 N–H and O–H groups in total. The lowest BCUT2D eigenvalue weighted by Crippen LogP contribution is -2.45. The van der Waals surface area contributed by atoms with Crippen LogP contribution in [0, 0.1) is 11.6 Å². The lowest BCUT2D eigenvalue weighted by Gasteiger charge is -2.32. The van der Waals surface area contributed by atoms with Crippen LogP contribution < -0.4 is 5.32 Å². The molecule has 0 radical (unpaired) electrons. The SMILES string of the molecule is O=C(NC1CCCC1)N1Cc2ccccc2-n2cccc2[C@H]1c1cc(F)cc(F)c1. The van der Waals surface area contributed by atoms with E-state index < -0.39 is 17.7 Å². The van der Waals surface area contributed by atoms with Gasteiger partial charge < -0.3 is 14.8 Å². The van der Waals surface area contributed by atoms with Gasteiger partial charge in [-0.05, 0) is 54.3 Å². The summed E-state index contributed by atoms with van der Waals surface area (Å²) in [6.07, 6.45) is 6.07. The minimum atomic E-state index is -0.652. The van der Waals surface area contributed by atoms with Crippen molar-refractivity contribution in [3.8, 4) is 5.69 Å². The lowest BCUT2D eigenvalue weighted by molar-refractivity contribution is 0.176. The zero-order valence-corrected chi connectivity index (χ0v) is 16.5. The fourth-order valence-corrected chi connectivity index (χ4v) is 4.75. The average molecular weight is 407 g/mol. The number of carbonyl (C=O) groups is 1. The van der Waals surface area contributed by atoms with Crippen molar-refractivity contribution in [1.82, 2.24) is 14.8 Å². The molecule has 1 saturated carbocycles. The van der Waals surface area contributed by atoms with Crippen LogP contribution in [-0.2, 0) is 6.54 Å². The van der Waals surface area contributed by atoms with Gasteiger partial charge in [-0.25, -0.2) is 13.6 Å². The van der Waals surface area contributed by atoms with Gasteiger partial charge in [0.05, 0.1) is 18.3 Å². The number of carbonyl (C=O) groups excluding carboxylic acids is 1. The standard InChI is InChI=1S/C24H23F2N3O/c25-18-12-17(13-19(26)14-18)23-22-10-5-11-28(22)21-9-4-1-6-16(21)15-29(23)24(30)27-20-7-2-3-8-20/h1,4-6,9-14,20,23H,2-3,7-8,15H2,(H,27,30)/t23-/m1/s1. The quantitative estimate of drug-likeness (QED) is 0.614. The van der Waals surface area contributed by atoms with Crippen molar-refractivity contribution in [2.24, 2.45) is 0 Å². The molecule has 0 saturated heterocycles. The summed E-state index contributed by atoms with van der Waals surface area (Å²) in [4.78, 5) is 15.1. The van der Waals surface area contributed by atoms with Gasteiger partial charge in [-0.1, -0.05) is 31.0 Å². The molecule has 0 spiro atoms. The fourth-order valence-electron chi connectivity index (χ4n) is 4.75. The second-order valence-electron chi connectivity index (χ2n) is 8.10. The van der Waals surface area contributed by atoms with Crippen molar-refractivity contribution >= 4 is 6.03 Å². The molecule has 1 aliphatic heterocycles. The number of halogens is 2. The first-order valence-corrected chi connectivity index (χ1v) is 10.4. The molecule has 3 aromatic rings.